The molecule has 1 amide bonds. The third kappa shape index (κ3) is 3.09. The molecule has 3 heterocycles. The molecule has 2 saturated heterocycles. The summed E-state index contributed by atoms with van der Waals surface area (Å²) in [6.07, 6.45) is 2.56. The first-order valence-electron chi connectivity index (χ1n) is 8.80. The van der Waals surface area contributed by atoms with Crippen molar-refractivity contribution in [3.8, 4) is 11.5 Å². The Morgan fingerprint density at radius 3 is 2.67 bits per heavy atom. The average molecular weight is 348 g/mol. The summed E-state index contributed by atoms with van der Waals surface area (Å²) in [6, 6.07) is 6.08. The highest BCUT2D eigenvalue weighted by Gasteiger charge is 2.38. The molecule has 1 aromatic carbocycles. The summed E-state index contributed by atoms with van der Waals surface area (Å²) in [5, 5.41) is 0.0905. The summed E-state index contributed by atoms with van der Waals surface area (Å²) in [4.78, 5) is 17.1. The normalized spacial score (nSPS) is 27.0. The molecule has 0 unspecified atom stereocenters. The van der Waals surface area contributed by atoms with Gasteiger partial charge in [0.05, 0.1) is 5.25 Å². The van der Waals surface area contributed by atoms with Crippen molar-refractivity contribution in [2.24, 2.45) is 0 Å². The van der Waals surface area contributed by atoms with Gasteiger partial charge in [0.15, 0.2) is 11.5 Å². The molecule has 6 heteroatoms. The third-order valence-electron chi connectivity index (χ3n) is 4.95. The number of nitrogens with zero attached hydrogens (tertiary/aromatic N) is 2. The number of hydrogen-bond acceptors (Lipinski definition) is 5. The molecule has 5 nitrogen and oxygen atoms in total. The van der Waals surface area contributed by atoms with Crippen LogP contribution in [0.25, 0.3) is 0 Å². The molecule has 0 spiro atoms. The number of rotatable bonds is 4. The Morgan fingerprint density at radius 2 is 1.88 bits per heavy atom. The van der Waals surface area contributed by atoms with Gasteiger partial charge < -0.3 is 19.3 Å². The second kappa shape index (κ2) is 6.84. The lowest BCUT2D eigenvalue weighted by molar-refractivity contribution is -0.130. The van der Waals surface area contributed by atoms with Crippen LogP contribution in [0.1, 0.15) is 30.7 Å². The van der Waals surface area contributed by atoms with E-state index in [2.05, 4.69) is 11.0 Å². The fraction of sp³-hybridized carbons (Fsp3) is 0.611. The quantitative estimate of drug-likeness (QED) is 0.836. The van der Waals surface area contributed by atoms with Crippen molar-refractivity contribution in [2.45, 2.75) is 30.4 Å². The molecule has 2 fully saturated rings. The maximum absolute atomic E-state index is 12.6. The molecule has 4 rings (SSSR count). The standard InChI is InChI=1S/C18H24N2O3S/c1-13-17(21)20(9-8-19-6-2-3-7-19)18(24-13)14-4-5-15-16(12-14)23-11-10-22-15/h4-5,12-13,18H,2-3,6-11H2,1H3/t13-,18-/m1/s1. The summed E-state index contributed by atoms with van der Waals surface area (Å²) >= 11 is 1.73. The summed E-state index contributed by atoms with van der Waals surface area (Å²) in [7, 11) is 0. The summed E-state index contributed by atoms with van der Waals surface area (Å²) < 4.78 is 11.3. The molecular formula is C18H24N2O3S. The number of amides is 1. The van der Waals surface area contributed by atoms with Gasteiger partial charge in [-0.15, -0.1) is 11.8 Å². The first-order valence-corrected chi connectivity index (χ1v) is 9.74. The molecule has 0 N–H and O–H groups in total. The zero-order valence-corrected chi connectivity index (χ0v) is 14.9. The maximum Gasteiger partial charge on any atom is 0.236 e. The van der Waals surface area contributed by atoms with Gasteiger partial charge in [0, 0.05) is 13.1 Å². The number of fused-ring (bicyclic) bond motifs is 1. The molecule has 0 bridgehead atoms. The van der Waals surface area contributed by atoms with Crippen LogP contribution >= 0.6 is 11.8 Å². The summed E-state index contributed by atoms with van der Waals surface area (Å²) in [5.74, 6) is 1.85. The highest BCUT2D eigenvalue weighted by molar-refractivity contribution is 8.01. The predicted octanol–water partition coefficient (Wildman–Crippen LogP) is 2.52. The van der Waals surface area contributed by atoms with Crippen molar-refractivity contribution >= 4 is 17.7 Å². The van der Waals surface area contributed by atoms with Gasteiger partial charge in [-0.25, -0.2) is 0 Å². The molecule has 130 valence electrons. The Labute approximate surface area is 147 Å². The number of carbonyl (C=O) groups excluding carboxylic acids is 1. The smallest absolute Gasteiger partial charge is 0.236 e. The topological polar surface area (TPSA) is 42.0 Å². The van der Waals surface area contributed by atoms with Crippen molar-refractivity contribution < 1.29 is 14.3 Å². The fourth-order valence-corrected chi connectivity index (χ4v) is 4.93. The highest BCUT2D eigenvalue weighted by atomic mass is 32.2. The van der Waals surface area contributed by atoms with Crippen LogP contribution in [-0.4, -0.2) is 60.3 Å². The van der Waals surface area contributed by atoms with Crippen molar-refractivity contribution in [3.63, 3.8) is 0 Å². The van der Waals surface area contributed by atoms with E-state index in [1.54, 1.807) is 11.8 Å². The number of ether oxygens (including phenoxy) is 2. The second-order valence-corrected chi connectivity index (χ2v) is 8.04. The van der Waals surface area contributed by atoms with Crippen LogP contribution in [0.5, 0.6) is 11.5 Å². The van der Waals surface area contributed by atoms with E-state index in [4.69, 9.17) is 9.47 Å². The fourth-order valence-electron chi connectivity index (χ4n) is 3.63. The van der Waals surface area contributed by atoms with E-state index in [9.17, 15) is 4.79 Å². The third-order valence-corrected chi connectivity index (χ3v) is 6.35. The van der Waals surface area contributed by atoms with Crippen LogP contribution in [0.3, 0.4) is 0 Å². The minimum absolute atomic E-state index is 0.0155. The zero-order valence-electron chi connectivity index (χ0n) is 14.1. The van der Waals surface area contributed by atoms with Crippen LogP contribution in [-0.2, 0) is 4.79 Å². The first-order chi connectivity index (χ1) is 11.7. The molecular weight excluding hydrogens is 324 g/mol. The van der Waals surface area contributed by atoms with Gasteiger partial charge in [0.25, 0.3) is 0 Å². The van der Waals surface area contributed by atoms with Crippen molar-refractivity contribution in [3.05, 3.63) is 23.8 Å². The second-order valence-electron chi connectivity index (χ2n) is 6.61. The van der Waals surface area contributed by atoms with Crippen molar-refractivity contribution in [2.75, 3.05) is 39.4 Å². The minimum atomic E-state index is 0.0155. The van der Waals surface area contributed by atoms with E-state index in [0.29, 0.717) is 13.2 Å². The molecule has 0 saturated carbocycles. The van der Waals surface area contributed by atoms with Crippen LogP contribution in [0.4, 0.5) is 0 Å². The van der Waals surface area contributed by atoms with Crippen molar-refractivity contribution in [1.29, 1.82) is 0 Å². The number of hydrogen-bond donors (Lipinski definition) is 0. The molecule has 3 aliphatic heterocycles. The van der Waals surface area contributed by atoms with Gasteiger partial charge >= 0.3 is 0 Å². The first kappa shape index (κ1) is 16.1. The van der Waals surface area contributed by atoms with Crippen LogP contribution in [0.2, 0.25) is 0 Å². The number of likely N-dealkylation sites (tertiary alicyclic amines) is 1. The van der Waals surface area contributed by atoms with Gasteiger partial charge in [-0.3, -0.25) is 4.79 Å². The highest BCUT2D eigenvalue weighted by Crippen LogP contribution is 2.45. The van der Waals surface area contributed by atoms with E-state index >= 15 is 0 Å². The van der Waals surface area contributed by atoms with Crippen LogP contribution < -0.4 is 9.47 Å². The minimum Gasteiger partial charge on any atom is -0.486 e. The molecule has 0 radical (unpaired) electrons. The Kier molecular flexibility index (Phi) is 4.59. The van der Waals surface area contributed by atoms with Gasteiger partial charge in [-0.1, -0.05) is 6.07 Å². The molecule has 2 atom stereocenters. The monoisotopic (exact) mass is 348 g/mol. The Balaban J connectivity index is 1.52. The van der Waals surface area contributed by atoms with Crippen LogP contribution in [0, 0.1) is 0 Å². The predicted molar refractivity (Wildman–Crippen MR) is 94.6 cm³/mol. The van der Waals surface area contributed by atoms with Gasteiger partial charge in [-0.05, 0) is 50.6 Å². The van der Waals surface area contributed by atoms with Gasteiger partial charge in [-0.2, -0.15) is 0 Å². The lowest BCUT2D eigenvalue weighted by atomic mass is 10.1. The van der Waals surface area contributed by atoms with E-state index in [1.807, 2.05) is 24.0 Å². The molecule has 24 heavy (non-hydrogen) atoms. The molecule has 0 aliphatic carbocycles. The molecule has 1 aromatic rings. The lowest BCUT2D eigenvalue weighted by Crippen LogP contribution is -2.37. The van der Waals surface area contributed by atoms with E-state index in [-0.39, 0.29) is 16.5 Å². The van der Waals surface area contributed by atoms with Crippen molar-refractivity contribution in [1.82, 2.24) is 9.80 Å². The Hall–Kier alpha value is -1.40. The zero-order chi connectivity index (χ0) is 16.5. The maximum atomic E-state index is 12.6. The molecule has 0 aromatic heterocycles. The largest absolute Gasteiger partial charge is 0.486 e. The Bertz CT molecular complexity index is 618. The lowest BCUT2D eigenvalue weighted by Gasteiger charge is -2.27. The van der Waals surface area contributed by atoms with Gasteiger partial charge in [0.1, 0.15) is 18.6 Å². The average Bonchev–Trinajstić information content (AvgIpc) is 3.22. The molecule has 3 aliphatic rings. The van der Waals surface area contributed by atoms with E-state index < -0.39 is 0 Å². The van der Waals surface area contributed by atoms with Gasteiger partial charge in [0.2, 0.25) is 5.91 Å². The number of thioether (sulfide) groups is 1. The summed E-state index contributed by atoms with van der Waals surface area (Å²) in [5.41, 5.74) is 1.13. The summed E-state index contributed by atoms with van der Waals surface area (Å²) in [6.45, 7) is 7.30. The SMILES string of the molecule is C[C@H]1S[C@H](c2ccc3c(c2)OCCO3)N(CCN2CCCC2)C1=O. The van der Waals surface area contributed by atoms with E-state index in [0.717, 1.165) is 30.2 Å². The van der Waals surface area contributed by atoms with E-state index in [1.165, 1.54) is 25.9 Å². The Morgan fingerprint density at radius 1 is 1.12 bits per heavy atom. The van der Waals surface area contributed by atoms with Crippen LogP contribution in [0.15, 0.2) is 18.2 Å². The number of carbonyl (C=O) groups is 1. The number of benzene rings is 1.